The maximum Gasteiger partial charge on any atom is 0.178 e. The van der Waals surface area contributed by atoms with E-state index >= 15 is 0 Å². The number of aromatic nitrogens is 3. The maximum absolute atomic E-state index is 13.0. The molecule has 0 aliphatic carbocycles. The number of sulfone groups is 1. The quantitative estimate of drug-likeness (QED) is 0.890. The van der Waals surface area contributed by atoms with Crippen LogP contribution in [-0.4, -0.2) is 54.5 Å². The fourth-order valence-electron chi connectivity index (χ4n) is 2.62. The van der Waals surface area contributed by atoms with Gasteiger partial charge in [0.05, 0.1) is 43.0 Å². The van der Waals surface area contributed by atoms with Crippen molar-refractivity contribution in [2.24, 2.45) is 0 Å². The van der Waals surface area contributed by atoms with Crippen LogP contribution in [0.3, 0.4) is 0 Å². The molecule has 1 atom stereocenters. The molecule has 0 spiro atoms. The van der Waals surface area contributed by atoms with E-state index in [4.69, 9.17) is 4.74 Å². The van der Waals surface area contributed by atoms with E-state index in [0.717, 1.165) is 6.26 Å². The van der Waals surface area contributed by atoms with Crippen molar-refractivity contribution in [2.45, 2.75) is 17.5 Å². The fraction of sp³-hybridized carbons (Fsp3) is 0.429. The van der Waals surface area contributed by atoms with Crippen LogP contribution in [0.5, 0.6) is 0 Å². The van der Waals surface area contributed by atoms with E-state index in [0.29, 0.717) is 37.7 Å². The Bertz CT molecular complexity index is 776. The van der Waals surface area contributed by atoms with Crippen molar-refractivity contribution in [3.05, 3.63) is 41.7 Å². The van der Waals surface area contributed by atoms with Crippen LogP contribution in [0.4, 0.5) is 4.39 Å². The molecule has 1 unspecified atom stereocenters. The summed E-state index contributed by atoms with van der Waals surface area (Å²) < 4.78 is 42.2. The molecule has 1 saturated heterocycles. The molecule has 124 valence electrons. The number of nitrogens with one attached hydrogen (secondary N) is 1. The molecule has 9 heteroatoms. The molecule has 23 heavy (non-hydrogen) atoms. The Hall–Kier alpha value is -1.84. The molecule has 2 aromatic rings. The molecule has 3 heterocycles. The summed E-state index contributed by atoms with van der Waals surface area (Å²) in [6, 6.07) is 2.70. The number of hydrogen-bond donors (Lipinski definition) is 1. The minimum atomic E-state index is -3.38. The molecule has 1 fully saturated rings. The van der Waals surface area contributed by atoms with Crippen molar-refractivity contribution < 1.29 is 17.5 Å². The number of rotatable bonds is 4. The van der Waals surface area contributed by atoms with Crippen LogP contribution >= 0.6 is 0 Å². The number of aromatic amines is 1. The lowest BCUT2D eigenvalue weighted by atomic mass is 10.1. The third kappa shape index (κ3) is 3.57. The third-order valence-corrected chi connectivity index (χ3v) is 4.88. The number of pyridine rings is 1. The highest BCUT2D eigenvalue weighted by Crippen LogP contribution is 2.28. The van der Waals surface area contributed by atoms with Crippen molar-refractivity contribution in [3.63, 3.8) is 0 Å². The van der Waals surface area contributed by atoms with E-state index in [1.807, 2.05) is 4.90 Å². The lowest BCUT2D eigenvalue weighted by Gasteiger charge is -2.35. The molecular weight excluding hydrogens is 323 g/mol. The molecule has 2 aromatic heterocycles. The zero-order chi connectivity index (χ0) is 16.4. The Balaban J connectivity index is 1.87. The largest absolute Gasteiger partial charge is 0.378 e. The van der Waals surface area contributed by atoms with E-state index in [1.165, 1.54) is 18.5 Å². The topological polar surface area (TPSA) is 88.2 Å². The van der Waals surface area contributed by atoms with Crippen molar-refractivity contribution in [1.82, 2.24) is 20.1 Å². The standard InChI is InChI=1S/C14H17FN4O3S/c1-23(20,21)13-7-17-18-14(13)12-9-22-5-4-19(12)8-11-3-2-10(15)6-16-11/h2-3,6-7,12H,4-5,8-9H2,1H3,(H,17,18). The SMILES string of the molecule is CS(=O)(=O)c1cn[nH]c1C1COCCN1Cc1ccc(F)cn1. The molecule has 0 amide bonds. The van der Waals surface area contributed by atoms with E-state index in [-0.39, 0.29) is 16.8 Å². The number of morpholine rings is 1. The summed E-state index contributed by atoms with van der Waals surface area (Å²) in [6.07, 6.45) is 3.63. The van der Waals surface area contributed by atoms with Gasteiger partial charge in [0.25, 0.3) is 0 Å². The van der Waals surface area contributed by atoms with Gasteiger partial charge in [-0.2, -0.15) is 5.10 Å². The Morgan fingerprint density at radius 3 is 2.96 bits per heavy atom. The fourth-order valence-corrected chi connectivity index (χ4v) is 3.45. The number of H-pyrrole nitrogens is 1. The first-order valence-corrected chi connectivity index (χ1v) is 9.00. The van der Waals surface area contributed by atoms with Gasteiger partial charge < -0.3 is 4.74 Å². The molecule has 7 nitrogen and oxygen atoms in total. The zero-order valence-electron chi connectivity index (χ0n) is 12.6. The van der Waals surface area contributed by atoms with Crippen LogP contribution in [0.15, 0.2) is 29.4 Å². The molecule has 0 aromatic carbocycles. The molecule has 0 radical (unpaired) electrons. The summed E-state index contributed by atoms with van der Waals surface area (Å²) >= 11 is 0. The van der Waals surface area contributed by atoms with E-state index in [2.05, 4.69) is 15.2 Å². The highest BCUT2D eigenvalue weighted by atomic mass is 32.2. The molecule has 3 rings (SSSR count). The lowest BCUT2D eigenvalue weighted by molar-refractivity contribution is -0.0158. The molecule has 1 aliphatic rings. The second-order valence-corrected chi connectivity index (χ2v) is 7.43. The Morgan fingerprint density at radius 1 is 1.43 bits per heavy atom. The highest BCUT2D eigenvalue weighted by molar-refractivity contribution is 7.90. The van der Waals surface area contributed by atoms with Gasteiger partial charge in [-0.05, 0) is 12.1 Å². The average Bonchev–Trinajstić information content (AvgIpc) is 3.00. The van der Waals surface area contributed by atoms with Gasteiger partial charge in [0, 0.05) is 19.3 Å². The highest BCUT2D eigenvalue weighted by Gasteiger charge is 2.30. The van der Waals surface area contributed by atoms with E-state index < -0.39 is 9.84 Å². The average molecular weight is 340 g/mol. The number of hydrogen-bond acceptors (Lipinski definition) is 6. The summed E-state index contributed by atoms with van der Waals surface area (Å²) in [5.74, 6) is -0.389. The van der Waals surface area contributed by atoms with Crippen LogP contribution in [-0.2, 0) is 21.1 Å². The van der Waals surface area contributed by atoms with Crippen molar-refractivity contribution in [2.75, 3.05) is 26.0 Å². The van der Waals surface area contributed by atoms with Gasteiger partial charge >= 0.3 is 0 Å². The van der Waals surface area contributed by atoms with Gasteiger partial charge in [-0.3, -0.25) is 15.0 Å². The van der Waals surface area contributed by atoms with Crippen LogP contribution in [0.1, 0.15) is 17.4 Å². The number of nitrogens with zero attached hydrogens (tertiary/aromatic N) is 3. The van der Waals surface area contributed by atoms with Gasteiger partial charge in [0.15, 0.2) is 9.84 Å². The minimum Gasteiger partial charge on any atom is -0.378 e. The summed E-state index contributed by atoms with van der Waals surface area (Å²) in [4.78, 5) is 6.28. The number of halogens is 1. The summed E-state index contributed by atoms with van der Waals surface area (Å²) in [5, 5.41) is 6.64. The first-order valence-electron chi connectivity index (χ1n) is 7.10. The predicted octanol–water partition coefficient (Wildman–Crippen LogP) is 0.921. The maximum atomic E-state index is 13.0. The Morgan fingerprint density at radius 2 is 2.26 bits per heavy atom. The molecule has 1 aliphatic heterocycles. The van der Waals surface area contributed by atoms with Gasteiger partial charge in [-0.1, -0.05) is 0 Å². The van der Waals surface area contributed by atoms with Gasteiger partial charge in [-0.15, -0.1) is 0 Å². The minimum absolute atomic E-state index is 0.171. The van der Waals surface area contributed by atoms with Crippen LogP contribution in [0.25, 0.3) is 0 Å². The molecular formula is C14H17FN4O3S. The normalized spacial score (nSPS) is 19.8. The molecule has 0 saturated carbocycles. The zero-order valence-corrected chi connectivity index (χ0v) is 13.4. The van der Waals surface area contributed by atoms with Gasteiger partial charge in [0.2, 0.25) is 0 Å². The van der Waals surface area contributed by atoms with E-state index in [9.17, 15) is 12.8 Å². The van der Waals surface area contributed by atoms with Gasteiger partial charge in [0.1, 0.15) is 10.7 Å². The monoisotopic (exact) mass is 340 g/mol. The van der Waals surface area contributed by atoms with Gasteiger partial charge in [-0.25, -0.2) is 12.8 Å². The summed E-state index contributed by atoms with van der Waals surface area (Å²) in [7, 11) is -3.38. The van der Waals surface area contributed by atoms with Crippen molar-refractivity contribution in [3.8, 4) is 0 Å². The Labute approximate surface area is 133 Å². The predicted molar refractivity (Wildman–Crippen MR) is 79.9 cm³/mol. The summed E-state index contributed by atoms with van der Waals surface area (Å²) in [6.45, 7) is 1.98. The number of ether oxygens (including phenoxy) is 1. The third-order valence-electron chi connectivity index (χ3n) is 3.76. The molecule has 0 bridgehead atoms. The smallest absolute Gasteiger partial charge is 0.178 e. The van der Waals surface area contributed by atoms with Crippen molar-refractivity contribution in [1.29, 1.82) is 0 Å². The second kappa shape index (κ2) is 6.34. The van der Waals surface area contributed by atoms with Crippen LogP contribution in [0.2, 0.25) is 0 Å². The van der Waals surface area contributed by atoms with Crippen molar-refractivity contribution >= 4 is 9.84 Å². The Kier molecular flexibility index (Phi) is 4.42. The first kappa shape index (κ1) is 16.0. The second-order valence-electron chi connectivity index (χ2n) is 5.45. The lowest BCUT2D eigenvalue weighted by Crippen LogP contribution is -2.39. The first-order chi connectivity index (χ1) is 10.9. The van der Waals surface area contributed by atoms with Crippen LogP contribution in [0, 0.1) is 5.82 Å². The van der Waals surface area contributed by atoms with E-state index in [1.54, 1.807) is 6.07 Å². The van der Waals surface area contributed by atoms with Crippen LogP contribution < -0.4 is 0 Å². The molecule has 1 N–H and O–H groups in total. The summed E-state index contributed by atoms with van der Waals surface area (Å²) in [5.41, 5.74) is 1.22.